The maximum Gasteiger partial charge on any atom is 0.233 e. The summed E-state index contributed by atoms with van der Waals surface area (Å²) in [5.74, 6) is 1.01. The molecule has 3 rings (SSSR count). The quantitative estimate of drug-likeness (QED) is 0.221. The van der Waals surface area contributed by atoms with Gasteiger partial charge in [-0.3, -0.25) is 0 Å². The Morgan fingerprint density at radius 3 is 2.06 bits per heavy atom. The van der Waals surface area contributed by atoms with Crippen LogP contribution in [-0.2, 0) is 6.42 Å². The van der Waals surface area contributed by atoms with Gasteiger partial charge >= 0.3 is 0 Å². The molecule has 31 heavy (non-hydrogen) atoms. The van der Waals surface area contributed by atoms with Crippen LogP contribution in [0.5, 0.6) is 0 Å². The first-order chi connectivity index (χ1) is 15.1. The van der Waals surface area contributed by atoms with Crippen molar-refractivity contribution in [3.8, 4) is 0 Å². The molecule has 9 heteroatoms. The van der Waals surface area contributed by atoms with Crippen LogP contribution in [0.15, 0.2) is 48.5 Å². The van der Waals surface area contributed by atoms with Crippen LogP contribution < -0.4 is 27.4 Å². The van der Waals surface area contributed by atoms with Crippen molar-refractivity contribution in [2.75, 3.05) is 41.3 Å². The number of hydrogen-bond acceptors (Lipinski definition) is 8. The van der Waals surface area contributed by atoms with Gasteiger partial charge in [0, 0.05) is 24.5 Å². The number of nitrogens with one attached hydrogen (secondary N) is 3. The highest BCUT2D eigenvalue weighted by Gasteiger charge is 2.07. The largest absolute Gasteiger partial charge is 0.399 e. The molecule has 3 aromatic rings. The maximum atomic E-state index is 13.2. The summed E-state index contributed by atoms with van der Waals surface area (Å²) in [6.45, 7) is 2.09. The Morgan fingerprint density at radius 2 is 1.39 bits per heavy atom. The van der Waals surface area contributed by atoms with E-state index in [9.17, 15) is 4.39 Å². The fourth-order valence-corrected chi connectivity index (χ4v) is 2.90. The first-order valence-corrected chi connectivity index (χ1v) is 10.4. The van der Waals surface area contributed by atoms with Crippen molar-refractivity contribution in [3.63, 3.8) is 0 Å². The van der Waals surface area contributed by atoms with Gasteiger partial charge in [0.05, 0.1) is 0 Å². The molecule has 0 radical (unpaired) electrons. The van der Waals surface area contributed by atoms with Crippen molar-refractivity contribution < 1.29 is 4.39 Å². The van der Waals surface area contributed by atoms with Gasteiger partial charge in [0.2, 0.25) is 17.8 Å². The Kier molecular flexibility index (Phi) is 8.36. The van der Waals surface area contributed by atoms with Gasteiger partial charge in [-0.15, -0.1) is 0 Å². The number of hydrogen-bond donors (Lipinski definition) is 5. The molecular weight excluding hydrogens is 395 g/mol. The fraction of sp³-hybridized carbons (Fsp3) is 0.318. The van der Waals surface area contributed by atoms with E-state index in [1.165, 1.54) is 17.7 Å². The Hall–Kier alpha value is -3.46. The number of nitrogens with two attached hydrogens (primary N) is 2. The van der Waals surface area contributed by atoms with Gasteiger partial charge in [-0.25, -0.2) is 4.39 Å². The second kappa shape index (κ2) is 11.7. The van der Waals surface area contributed by atoms with E-state index in [2.05, 4.69) is 30.9 Å². The summed E-state index contributed by atoms with van der Waals surface area (Å²) in [6.07, 6.45) is 3.81. The summed E-state index contributed by atoms with van der Waals surface area (Å²) < 4.78 is 13.2. The number of nitrogen functional groups attached to an aromatic ring is 1. The van der Waals surface area contributed by atoms with Crippen LogP contribution in [0.4, 0.5) is 33.6 Å². The minimum absolute atomic E-state index is 0.300. The van der Waals surface area contributed by atoms with Gasteiger partial charge < -0.3 is 27.4 Å². The lowest BCUT2D eigenvalue weighted by Crippen LogP contribution is -2.13. The molecule has 7 N–H and O–H groups in total. The molecule has 0 bridgehead atoms. The summed E-state index contributed by atoms with van der Waals surface area (Å²) in [7, 11) is 0. The fourth-order valence-electron chi connectivity index (χ4n) is 2.90. The minimum Gasteiger partial charge on any atom is -0.399 e. The summed E-state index contributed by atoms with van der Waals surface area (Å²) in [5, 5.41) is 9.58. The Labute approximate surface area is 181 Å². The van der Waals surface area contributed by atoms with E-state index in [0.29, 0.717) is 36.6 Å². The van der Waals surface area contributed by atoms with Crippen LogP contribution in [0, 0.1) is 5.82 Å². The van der Waals surface area contributed by atoms with E-state index in [1.54, 1.807) is 12.1 Å². The van der Waals surface area contributed by atoms with Gasteiger partial charge in [0.25, 0.3) is 0 Å². The smallest absolute Gasteiger partial charge is 0.233 e. The zero-order valence-corrected chi connectivity index (χ0v) is 17.4. The number of unbranched alkanes of at least 4 members (excludes halogenated alkanes) is 2. The number of aromatic nitrogens is 3. The lowest BCUT2D eigenvalue weighted by Gasteiger charge is -2.11. The van der Waals surface area contributed by atoms with Crippen LogP contribution in [0.3, 0.4) is 0 Å². The van der Waals surface area contributed by atoms with E-state index >= 15 is 0 Å². The summed E-state index contributed by atoms with van der Waals surface area (Å²) in [4.78, 5) is 13.3. The molecule has 8 nitrogen and oxygen atoms in total. The molecular formula is C22H29FN8. The highest BCUT2D eigenvalue weighted by molar-refractivity contribution is 5.55. The number of rotatable bonds is 12. The lowest BCUT2D eigenvalue weighted by molar-refractivity contribution is 0.628. The number of nitrogens with zero attached hydrogens (tertiary/aromatic N) is 3. The van der Waals surface area contributed by atoms with Gasteiger partial charge in [0.1, 0.15) is 5.82 Å². The van der Waals surface area contributed by atoms with Crippen molar-refractivity contribution in [2.24, 2.45) is 5.73 Å². The topological polar surface area (TPSA) is 127 Å². The zero-order valence-electron chi connectivity index (χ0n) is 17.4. The van der Waals surface area contributed by atoms with Crippen LogP contribution in [-0.4, -0.2) is 34.6 Å². The molecule has 1 aromatic heterocycles. The van der Waals surface area contributed by atoms with Gasteiger partial charge in [-0.05, 0) is 67.8 Å². The van der Waals surface area contributed by atoms with E-state index in [1.807, 2.05) is 24.3 Å². The van der Waals surface area contributed by atoms with Gasteiger partial charge in [-0.1, -0.05) is 18.6 Å². The standard InChI is InChI=1S/C22H29FN8/c23-17-6-10-19(11-7-17)28-22-30-20(26-14-3-1-2-13-24)29-21(31-22)27-15-12-16-4-8-18(25)9-5-16/h4-11H,1-3,12-15,24-25H2,(H3,26,27,28,29,30,31). The second-order valence-electron chi connectivity index (χ2n) is 7.13. The highest BCUT2D eigenvalue weighted by atomic mass is 19.1. The number of benzene rings is 2. The Bertz CT molecular complexity index is 931. The number of anilines is 5. The molecule has 0 spiro atoms. The summed E-state index contributed by atoms with van der Waals surface area (Å²) in [6, 6.07) is 13.8. The first kappa shape index (κ1) is 22.2. The van der Waals surface area contributed by atoms with Crippen molar-refractivity contribution >= 4 is 29.2 Å². The van der Waals surface area contributed by atoms with Gasteiger partial charge in [-0.2, -0.15) is 15.0 Å². The Morgan fingerprint density at radius 1 is 0.742 bits per heavy atom. The molecule has 0 unspecified atom stereocenters. The molecule has 0 aliphatic rings. The third kappa shape index (κ3) is 7.71. The molecule has 0 aliphatic heterocycles. The number of halogens is 1. The predicted molar refractivity (Wildman–Crippen MR) is 124 cm³/mol. The Balaban J connectivity index is 1.65. The van der Waals surface area contributed by atoms with Crippen molar-refractivity contribution in [1.82, 2.24) is 15.0 Å². The van der Waals surface area contributed by atoms with E-state index in [0.717, 1.165) is 37.9 Å². The molecule has 0 atom stereocenters. The molecule has 0 saturated heterocycles. The average molecular weight is 425 g/mol. The van der Waals surface area contributed by atoms with Crippen molar-refractivity contribution in [3.05, 3.63) is 59.9 Å². The highest BCUT2D eigenvalue weighted by Crippen LogP contribution is 2.16. The van der Waals surface area contributed by atoms with E-state index in [4.69, 9.17) is 11.5 Å². The van der Waals surface area contributed by atoms with Crippen LogP contribution in [0.1, 0.15) is 24.8 Å². The molecule has 0 aliphatic carbocycles. The van der Waals surface area contributed by atoms with Crippen molar-refractivity contribution in [2.45, 2.75) is 25.7 Å². The van der Waals surface area contributed by atoms with Crippen LogP contribution >= 0.6 is 0 Å². The average Bonchev–Trinajstić information content (AvgIpc) is 2.77. The van der Waals surface area contributed by atoms with Gasteiger partial charge in [0.15, 0.2) is 0 Å². The van der Waals surface area contributed by atoms with E-state index < -0.39 is 0 Å². The third-order valence-corrected chi connectivity index (χ3v) is 4.58. The molecule has 0 saturated carbocycles. The monoisotopic (exact) mass is 424 g/mol. The molecule has 0 amide bonds. The molecule has 2 aromatic carbocycles. The normalized spacial score (nSPS) is 10.6. The SMILES string of the molecule is NCCCCCNc1nc(NCCc2ccc(N)cc2)nc(Nc2ccc(F)cc2)n1. The maximum absolute atomic E-state index is 13.2. The van der Waals surface area contributed by atoms with Crippen molar-refractivity contribution in [1.29, 1.82) is 0 Å². The van der Waals surface area contributed by atoms with E-state index in [-0.39, 0.29) is 5.82 Å². The minimum atomic E-state index is -0.300. The summed E-state index contributed by atoms with van der Waals surface area (Å²) >= 11 is 0. The molecule has 164 valence electrons. The predicted octanol–water partition coefficient (Wildman–Crippen LogP) is 3.53. The second-order valence-corrected chi connectivity index (χ2v) is 7.13. The zero-order chi connectivity index (χ0) is 21.9. The van der Waals surface area contributed by atoms with Crippen LogP contribution in [0.2, 0.25) is 0 Å². The molecule has 0 fully saturated rings. The summed E-state index contributed by atoms with van der Waals surface area (Å²) in [5.41, 5.74) is 13.9. The van der Waals surface area contributed by atoms with Crippen LogP contribution in [0.25, 0.3) is 0 Å². The molecule has 1 heterocycles. The lowest BCUT2D eigenvalue weighted by atomic mass is 10.1. The third-order valence-electron chi connectivity index (χ3n) is 4.58. The first-order valence-electron chi connectivity index (χ1n) is 10.4.